The van der Waals surface area contributed by atoms with Gasteiger partial charge in [0.2, 0.25) is 0 Å². The van der Waals surface area contributed by atoms with Gasteiger partial charge in [-0.1, -0.05) is 0 Å². The van der Waals surface area contributed by atoms with Gasteiger partial charge in [-0.15, -0.1) is 0 Å². The topological polar surface area (TPSA) is 69.6 Å². The van der Waals surface area contributed by atoms with Crippen LogP contribution in [0, 0.1) is 6.92 Å². The van der Waals surface area contributed by atoms with Crippen molar-refractivity contribution < 1.29 is 19.1 Å². The number of nitrogens with zero attached hydrogens (tertiary/aromatic N) is 1. The van der Waals surface area contributed by atoms with Crippen LogP contribution in [0.5, 0.6) is 0 Å². The summed E-state index contributed by atoms with van der Waals surface area (Å²) in [6, 6.07) is 5.83. The quantitative estimate of drug-likeness (QED) is 0.721. The minimum Gasteiger partial charge on any atom is -0.461 e. The lowest BCUT2D eigenvalue weighted by atomic mass is 10.2. The second kappa shape index (κ2) is 8.12. The molecule has 26 heavy (non-hydrogen) atoms. The summed E-state index contributed by atoms with van der Waals surface area (Å²) in [4.78, 5) is 24.2. The zero-order valence-corrected chi connectivity index (χ0v) is 17.4. The average Bonchev–Trinajstić information content (AvgIpc) is 2.84. The molecule has 0 atom stereocenters. The molecule has 1 heterocycles. The smallest absolute Gasteiger partial charge is 0.407 e. The van der Waals surface area contributed by atoms with Crippen molar-refractivity contribution in [1.82, 2.24) is 9.88 Å². The number of carbonyl (C=O) groups excluding carboxylic acids is 2. The van der Waals surface area contributed by atoms with Crippen LogP contribution in [0.2, 0.25) is 0 Å². The minimum atomic E-state index is -0.555. The Balaban J connectivity index is 2.27. The molecule has 7 heteroatoms. The fourth-order valence-electron chi connectivity index (χ4n) is 2.69. The summed E-state index contributed by atoms with van der Waals surface area (Å²) in [5, 5.41) is 3.66. The van der Waals surface area contributed by atoms with Crippen LogP contribution in [-0.2, 0) is 16.0 Å². The maximum absolute atomic E-state index is 12.3. The number of halogens is 1. The molecule has 0 aliphatic carbocycles. The van der Waals surface area contributed by atoms with E-state index < -0.39 is 11.7 Å². The van der Waals surface area contributed by atoms with Gasteiger partial charge in [-0.2, -0.15) is 0 Å². The summed E-state index contributed by atoms with van der Waals surface area (Å²) >= 11 is 3.58. The number of hydrogen-bond acceptors (Lipinski definition) is 4. The highest BCUT2D eigenvalue weighted by molar-refractivity contribution is 9.10. The van der Waals surface area contributed by atoms with E-state index in [4.69, 9.17) is 9.47 Å². The summed E-state index contributed by atoms with van der Waals surface area (Å²) in [7, 11) is 0. The molecule has 0 saturated carbocycles. The Labute approximate surface area is 162 Å². The first-order valence-corrected chi connectivity index (χ1v) is 9.35. The predicted octanol–water partition coefficient (Wildman–Crippen LogP) is 4.41. The number of rotatable bonds is 5. The largest absolute Gasteiger partial charge is 0.461 e. The number of alkyl carbamates (subject to hydrolysis) is 1. The Morgan fingerprint density at radius 2 is 1.92 bits per heavy atom. The Kier molecular flexibility index (Phi) is 6.34. The minimum absolute atomic E-state index is 0.302. The van der Waals surface area contributed by atoms with Gasteiger partial charge in [-0.3, -0.25) is 0 Å². The van der Waals surface area contributed by atoms with Gasteiger partial charge in [0, 0.05) is 22.9 Å². The maximum Gasteiger partial charge on any atom is 0.407 e. The normalized spacial score (nSPS) is 11.5. The van der Waals surface area contributed by atoms with Gasteiger partial charge in [-0.25, -0.2) is 9.59 Å². The van der Waals surface area contributed by atoms with E-state index in [1.165, 1.54) is 0 Å². The van der Waals surface area contributed by atoms with E-state index in [-0.39, 0.29) is 5.97 Å². The number of fused-ring (bicyclic) bond motifs is 1. The molecule has 1 amide bonds. The zero-order chi connectivity index (χ0) is 19.5. The first-order valence-electron chi connectivity index (χ1n) is 8.55. The van der Waals surface area contributed by atoms with Gasteiger partial charge >= 0.3 is 12.1 Å². The van der Waals surface area contributed by atoms with Gasteiger partial charge in [0.1, 0.15) is 11.3 Å². The number of aryl methyl sites for hydroxylation is 1. The summed E-state index contributed by atoms with van der Waals surface area (Å²) in [6.07, 6.45) is -0.485. The highest BCUT2D eigenvalue weighted by Crippen LogP contribution is 2.29. The Hall–Kier alpha value is -2.02. The second-order valence-corrected chi connectivity index (χ2v) is 7.87. The van der Waals surface area contributed by atoms with Crippen molar-refractivity contribution >= 4 is 38.9 Å². The molecule has 1 aromatic carbocycles. The second-order valence-electron chi connectivity index (χ2n) is 7.01. The number of nitrogens with one attached hydrogen (secondary N) is 1. The predicted molar refractivity (Wildman–Crippen MR) is 105 cm³/mol. The Morgan fingerprint density at radius 3 is 2.54 bits per heavy atom. The van der Waals surface area contributed by atoms with Gasteiger partial charge < -0.3 is 19.4 Å². The van der Waals surface area contributed by atoms with Crippen LogP contribution in [0.4, 0.5) is 4.79 Å². The van der Waals surface area contributed by atoms with E-state index in [0.29, 0.717) is 25.4 Å². The molecule has 0 spiro atoms. The van der Waals surface area contributed by atoms with Gasteiger partial charge in [0.15, 0.2) is 0 Å². The number of ether oxygens (including phenoxy) is 2. The van der Waals surface area contributed by atoms with E-state index >= 15 is 0 Å². The maximum atomic E-state index is 12.3. The van der Waals surface area contributed by atoms with Crippen LogP contribution in [0.3, 0.4) is 0 Å². The van der Waals surface area contributed by atoms with E-state index in [0.717, 1.165) is 20.9 Å². The summed E-state index contributed by atoms with van der Waals surface area (Å²) in [5.74, 6) is -0.384. The number of carbonyl (C=O) groups is 2. The van der Waals surface area contributed by atoms with Crippen LogP contribution < -0.4 is 5.32 Å². The highest BCUT2D eigenvalue weighted by atomic mass is 79.9. The molecule has 0 fully saturated rings. The highest BCUT2D eigenvalue weighted by Gasteiger charge is 2.20. The van der Waals surface area contributed by atoms with Crippen LogP contribution in [0.25, 0.3) is 10.9 Å². The van der Waals surface area contributed by atoms with Crippen LogP contribution >= 0.6 is 15.9 Å². The molecule has 0 radical (unpaired) electrons. The van der Waals surface area contributed by atoms with Gasteiger partial charge in [0.25, 0.3) is 0 Å². The van der Waals surface area contributed by atoms with Crippen molar-refractivity contribution in [3.05, 3.63) is 33.9 Å². The van der Waals surface area contributed by atoms with E-state index in [1.807, 2.05) is 50.5 Å². The zero-order valence-electron chi connectivity index (χ0n) is 15.8. The molecular weight excluding hydrogens is 400 g/mol. The number of aromatic nitrogens is 1. The molecular formula is C19H25BrN2O4. The molecule has 0 aliphatic heterocycles. The van der Waals surface area contributed by atoms with Crippen molar-refractivity contribution in [1.29, 1.82) is 0 Å². The Morgan fingerprint density at radius 1 is 1.23 bits per heavy atom. The van der Waals surface area contributed by atoms with Gasteiger partial charge in [-0.05, 0) is 74.3 Å². The Bertz CT molecular complexity index is 821. The molecule has 142 valence electrons. The lowest BCUT2D eigenvalue weighted by molar-refractivity contribution is 0.0514. The van der Waals surface area contributed by atoms with Crippen molar-refractivity contribution in [3.8, 4) is 0 Å². The molecule has 1 aromatic heterocycles. The first-order chi connectivity index (χ1) is 12.1. The van der Waals surface area contributed by atoms with E-state index in [1.54, 1.807) is 6.92 Å². The third kappa shape index (κ3) is 5.00. The van der Waals surface area contributed by atoms with Crippen molar-refractivity contribution in [2.75, 3.05) is 13.2 Å². The molecule has 1 N–H and O–H groups in total. The summed E-state index contributed by atoms with van der Waals surface area (Å²) < 4.78 is 13.2. The fourth-order valence-corrected chi connectivity index (χ4v) is 3.50. The lowest BCUT2D eigenvalue weighted by Gasteiger charge is -2.20. The van der Waals surface area contributed by atoms with Crippen molar-refractivity contribution in [2.24, 2.45) is 0 Å². The third-order valence-corrected chi connectivity index (χ3v) is 4.18. The molecule has 2 rings (SSSR count). The number of esters is 1. The first kappa shape index (κ1) is 20.3. The molecule has 0 unspecified atom stereocenters. The van der Waals surface area contributed by atoms with Crippen LogP contribution in [0.15, 0.2) is 22.7 Å². The van der Waals surface area contributed by atoms with Crippen LogP contribution in [-0.4, -0.2) is 35.4 Å². The van der Waals surface area contributed by atoms with Crippen molar-refractivity contribution in [3.63, 3.8) is 0 Å². The molecule has 6 nitrogen and oxygen atoms in total. The van der Waals surface area contributed by atoms with E-state index in [2.05, 4.69) is 21.2 Å². The summed E-state index contributed by atoms with van der Waals surface area (Å²) in [5.41, 5.74) is 1.88. The summed E-state index contributed by atoms with van der Waals surface area (Å²) in [6.45, 7) is 10.2. The average molecular weight is 425 g/mol. The number of hydrogen-bond donors (Lipinski definition) is 1. The number of benzene rings is 1. The molecule has 0 saturated heterocycles. The lowest BCUT2D eigenvalue weighted by Crippen LogP contribution is -2.34. The SMILES string of the molecule is CCOC(=O)c1cc2cc(C)cc(Br)c2n1CCNC(=O)OC(C)(C)C. The van der Waals surface area contributed by atoms with E-state index in [9.17, 15) is 9.59 Å². The van der Waals surface area contributed by atoms with Crippen molar-refractivity contribution in [2.45, 2.75) is 46.8 Å². The van der Waals surface area contributed by atoms with Crippen LogP contribution in [0.1, 0.15) is 43.7 Å². The fraction of sp³-hybridized carbons (Fsp3) is 0.474. The monoisotopic (exact) mass is 424 g/mol. The molecule has 0 bridgehead atoms. The van der Waals surface area contributed by atoms with Gasteiger partial charge in [0.05, 0.1) is 12.1 Å². The molecule has 2 aromatic rings. The standard InChI is InChI=1S/C19H25BrN2O4/c1-6-25-17(23)15-11-13-9-12(2)10-14(20)16(13)22(15)8-7-21-18(24)26-19(3,4)5/h9-11H,6-8H2,1-5H3,(H,21,24). The molecule has 0 aliphatic rings. The third-order valence-electron chi connectivity index (χ3n) is 3.58. The number of amides is 1.